The van der Waals surface area contributed by atoms with Crippen LogP contribution in [0, 0.1) is 5.82 Å². The first-order chi connectivity index (χ1) is 8.78. The Kier molecular flexibility index (Phi) is 2.45. The van der Waals surface area contributed by atoms with Gasteiger partial charge in [-0.1, -0.05) is 24.3 Å². The lowest BCUT2D eigenvalue weighted by Gasteiger charge is -1.98. The Morgan fingerprint density at radius 3 is 2.61 bits per heavy atom. The maximum absolute atomic E-state index is 13.5. The van der Waals surface area contributed by atoms with Crippen LogP contribution >= 0.6 is 0 Å². The molecular formula is C15H9FO2. The van der Waals surface area contributed by atoms with Gasteiger partial charge in [-0.15, -0.1) is 0 Å². The van der Waals surface area contributed by atoms with Gasteiger partial charge in [0.15, 0.2) is 6.29 Å². The van der Waals surface area contributed by atoms with Crippen molar-refractivity contribution < 1.29 is 13.6 Å². The average Bonchev–Trinajstić information content (AvgIpc) is 2.82. The summed E-state index contributed by atoms with van der Waals surface area (Å²) >= 11 is 0. The third-order valence-electron chi connectivity index (χ3n) is 2.84. The summed E-state index contributed by atoms with van der Waals surface area (Å²) in [5.74, 6) is 0.0514. The molecule has 0 N–H and O–H groups in total. The largest absolute Gasteiger partial charge is 0.456 e. The van der Waals surface area contributed by atoms with E-state index in [0.717, 1.165) is 11.0 Å². The second kappa shape index (κ2) is 4.11. The molecule has 88 valence electrons. The first-order valence-corrected chi connectivity index (χ1v) is 5.51. The highest BCUT2D eigenvalue weighted by Crippen LogP contribution is 2.28. The molecule has 0 fully saturated rings. The Morgan fingerprint density at radius 2 is 1.89 bits per heavy atom. The van der Waals surface area contributed by atoms with E-state index in [0.29, 0.717) is 17.6 Å². The predicted molar refractivity (Wildman–Crippen MR) is 67.0 cm³/mol. The fourth-order valence-corrected chi connectivity index (χ4v) is 1.90. The van der Waals surface area contributed by atoms with Gasteiger partial charge in [0.05, 0.1) is 5.56 Å². The van der Waals surface area contributed by atoms with E-state index in [2.05, 4.69) is 0 Å². The molecule has 1 heterocycles. The maximum Gasteiger partial charge on any atom is 0.152 e. The number of para-hydroxylation sites is 1. The van der Waals surface area contributed by atoms with Crippen LogP contribution in [-0.4, -0.2) is 6.29 Å². The van der Waals surface area contributed by atoms with E-state index >= 15 is 0 Å². The summed E-state index contributed by atoms with van der Waals surface area (Å²) in [6.45, 7) is 0. The smallest absolute Gasteiger partial charge is 0.152 e. The summed E-state index contributed by atoms with van der Waals surface area (Å²) in [5.41, 5.74) is 1.43. The number of hydrogen-bond acceptors (Lipinski definition) is 2. The van der Waals surface area contributed by atoms with Gasteiger partial charge in [-0.3, -0.25) is 4.79 Å². The minimum absolute atomic E-state index is 0.0508. The van der Waals surface area contributed by atoms with Crippen LogP contribution in [0.1, 0.15) is 10.4 Å². The Balaban J connectivity index is 2.14. The zero-order valence-electron chi connectivity index (χ0n) is 9.39. The standard InChI is InChI=1S/C15H9FO2/c16-13-7-11(5-6-12(13)9-17)15-8-10-3-1-2-4-14(10)18-15/h1-9H. The average molecular weight is 240 g/mol. The molecule has 2 aromatic carbocycles. The Labute approximate surface area is 103 Å². The van der Waals surface area contributed by atoms with Crippen molar-refractivity contribution in [1.29, 1.82) is 0 Å². The highest BCUT2D eigenvalue weighted by Gasteiger charge is 2.08. The van der Waals surface area contributed by atoms with Crippen LogP contribution in [0.2, 0.25) is 0 Å². The molecule has 1 aromatic heterocycles. The molecule has 0 unspecified atom stereocenters. The zero-order valence-corrected chi connectivity index (χ0v) is 9.39. The molecule has 3 heteroatoms. The number of carbonyl (C=O) groups is 1. The second-order valence-electron chi connectivity index (χ2n) is 4.00. The van der Waals surface area contributed by atoms with Crippen LogP contribution in [0.15, 0.2) is 52.9 Å². The van der Waals surface area contributed by atoms with Gasteiger partial charge in [0.2, 0.25) is 0 Å². The summed E-state index contributed by atoms with van der Waals surface area (Å²) in [6.07, 6.45) is 0.498. The van der Waals surface area contributed by atoms with Gasteiger partial charge < -0.3 is 4.42 Å². The van der Waals surface area contributed by atoms with Crippen molar-refractivity contribution in [3.8, 4) is 11.3 Å². The van der Waals surface area contributed by atoms with E-state index in [1.165, 1.54) is 12.1 Å². The summed E-state index contributed by atoms with van der Waals surface area (Å²) in [4.78, 5) is 10.6. The quantitative estimate of drug-likeness (QED) is 0.632. The van der Waals surface area contributed by atoms with Crippen LogP contribution < -0.4 is 0 Å². The van der Waals surface area contributed by atoms with Crippen molar-refractivity contribution in [2.75, 3.05) is 0 Å². The highest BCUT2D eigenvalue weighted by atomic mass is 19.1. The van der Waals surface area contributed by atoms with Gasteiger partial charge in [0, 0.05) is 10.9 Å². The predicted octanol–water partition coefficient (Wildman–Crippen LogP) is 4.05. The number of aldehydes is 1. The summed E-state index contributed by atoms with van der Waals surface area (Å²) < 4.78 is 19.1. The maximum atomic E-state index is 13.5. The third kappa shape index (κ3) is 1.70. The Morgan fingerprint density at radius 1 is 1.06 bits per heavy atom. The van der Waals surface area contributed by atoms with Gasteiger partial charge in [0.1, 0.15) is 17.2 Å². The summed E-state index contributed by atoms with van der Waals surface area (Å²) in [5, 5.41) is 0.965. The molecule has 0 saturated heterocycles. The summed E-state index contributed by atoms with van der Waals surface area (Å²) in [6, 6.07) is 13.9. The molecule has 0 aliphatic carbocycles. The fraction of sp³-hybridized carbons (Fsp3) is 0. The number of hydrogen-bond donors (Lipinski definition) is 0. The van der Waals surface area contributed by atoms with E-state index < -0.39 is 5.82 Å². The Hall–Kier alpha value is -2.42. The van der Waals surface area contributed by atoms with E-state index in [1.807, 2.05) is 30.3 Å². The van der Waals surface area contributed by atoms with Crippen molar-refractivity contribution in [3.05, 3.63) is 59.9 Å². The van der Waals surface area contributed by atoms with Crippen LogP contribution in [0.3, 0.4) is 0 Å². The second-order valence-corrected chi connectivity index (χ2v) is 4.00. The molecular weight excluding hydrogens is 231 g/mol. The minimum Gasteiger partial charge on any atom is -0.456 e. The fourth-order valence-electron chi connectivity index (χ4n) is 1.90. The van der Waals surface area contributed by atoms with Gasteiger partial charge in [-0.2, -0.15) is 0 Å². The molecule has 3 aromatic rings. The molecule has 0 aliphatic rings. The Bertz CT molecular complexity index is 695. The lowest BCUT2D eigenvalue weighted by Crippen LogP contribution is -1.87. The van der Waals surface area contributed by atoms with Gasteiger partial charge >= 0.3 is 0 Å². The monoisotopic (exact) mass is 240 g/mol. The molecule has 0 spiro atoms. The molecule has 0 aliphatic heterocycles. The van der Waals surface area contributed by atoms with E-state index in [1.54, 1.807) is 6.07 Å². The van der Waals surface area contributed by atoms with Crippen molar-refractivity contribution in [1.82, 2.24) is 0 Å². The SMILES string of the molecule is O=Cc1ccc(-c2cc3ccccc3o2)cc1F. The lowest BCUT2D eigenvalue weighted by molar-refractivity contribution is 0.112. The molecule has 18 heavy (non-hydrogen) atoms. The van der Waals surface area contributed by atoms with Crippen molar-refractivity contribution >= 4 is 17.3 Å². The van der Waals surface area contributed by atoms with Crippen LogP contribution in [0.25, 0.3) is 22.3 Å². The van der Waals surface area contributed by atoms with E-state index in [4.69, 9.17) is 4.42 Å². The zero-order chi connectivity index (χ0) is 12.5. The number of furan rings is 1. The third-order valence-corrected chi connectivity index (χ3v) is 2.84. The van der Waals surface area contributed by atoms with E-state index in [9.17, 15) is 9.18 Å². The van der Waals surface area contributed by atoms with Crippen molar-refractivity contribution in [2.24, 2.45) is 0 Å². The molecule has 3 rings (SSSR count). The molecule has 0 bridgehead atoms. The van der Waals surface area contributed by atoms with Crippen molar-refractivity contribution in [3.63, 3.8) is 0 Å². The molecule has 0 saturated carbocycles. The van der Waals surface area contributed by atoms with Gasteiger partial charge in [0.25, 0.3) is 0 Å². The molecule has 0 atom stereocenters. The lowest BCUT2D eigenvalue weighted by atomic mass is 10.1. The minimum atomic E-state index is -0.539. The normalized spacial score (nSPS) is 10.7. The highest BCUT2D eigenvalue weighted by molar-refractivity contribution is 5.83. The first-order valence-electron chi connectivity index (χ1n) is 5.51. The van der Waals surface area contributed by atoms with E-state index in [-0.39, 0.29) is 5.56 Å². The van der Waals surface area contributed by atoms with Crippen LogP contribution in [-0.2, 0) is 0 Å². The van der Waals surface area contributed by atoms with Gasteiger partial charge in [-0.05, 0) is 24.3 Å². The molecule has 2 nitrogen and oxygen atoms in total. The number of carbonyl (C=O) groups excluding carboxylic acids is 1. The van der Waals surface area contributed by atoms with Crippen LogP contribution in [0.4, 0.5) is 4.39 Å². The summed E-state index contributed by atoms with van der Waals surface area (Å²) in [7, 11) is 0. The van der Waals surface area contributed by atoms with Gasteiger partial charge in [-0.25, -0.2) is 4.39 Å². The number of halogens is 1. The first kappa shape index (κ1) is 10.7. The van der Waals surface area contributed by atoms with Crippen LogP contribution in [0.5, 0.6) is 0 Å². The topological polar surface area (TPSA) is 30.2 Å². The number of benzene rings is 2. The number of rotatable bonds is 2. The van der Waals surface area contributed by atoms with Crippen molar-refractivity contribution in [2.45, 2.75) is 0 Å². The molecule has 0 amide bonds. The molecule has 0 radical (unpaired) electrons. The number of fused-ring (bicyclic) bond motifs is 1.